The number of pyridine rings is 1. The van der Waals surface area contributed by atoms with E-state index in [0.717, 1.165) is 11.6 Å². The Morgan fingerprint density at radius 1 is 1.24 bits per heavy atom. The molecule has 1 aromatic carbocycles. The minimum atomic E-state index is -0.967. The number of rotatable bonds is 7. The molecular weight excluding hydrogens is 422 g/mol. The quantitative estimate of drug-likeness (QED) is 0.575. The minimum absolute atomic E-state index is 0. The molecule has 0 radical (unpaired) electrons. The first-order valence-corrected chi connectivity index (χ1v) is 8.67. The van der Waals surface area contributed by atoms with Crippen molar-refractivity contribution in [1.29, 1.82) is 0 Å². The summed E-state index contributed by atoms with van der Waals surface area (Å²) in [6.07, 6.45) is 2.98. The first-order valence-electron chi connectivity index (χ1n) is 8.29. The van der Waals surface area contributed by atoms with E-state index in [0.29, 0.717) is 17.3 Å². The Kier molecular flexibility index (Phi) is 7.83. The van der Waals surface area contributed by atoms with Crippen LogP contribution in [0.2, 0.25) is 5.02 Å². The standard InChI is InChI=1S/C19H16ClFN4O3.ClH/c20-12-7-15(21)19(24-10-12)28-14-3-1-11(2-4-14)16-5-6-23-17(25-16)8-13(22)9-18(26)27;/h1-7,10,13H,8-9,22H2,(H,26,27);1H/t13-;/m1./s1. The Morgan fingerprint density at radius 3 is 2.62 bits per heavy atom. The van der Waals surface area contributed by atoms with E-state index >= 15 is 0 Å². The van der Waals surface area contributed by atoms with Crippen molar-refractivity contribution in [3.05, 3.63) is 65.5 Å². The van der Waals surface area contributed by atoms with Crippen LogP contribution in [0.3, 0.4) is 0 Å². The lowest BCUT2D eigenvalue weighted by molar-refractivity contribution is -0.137. The highest BCUT2D eigenvalue weighted by molar-refractivity contribution is 6.30. The normalized spacial score (nSPS) is 11.4. The lowest BCUT2D eigenvalue weighted by Gasteiger charge is -2.09. The molecule has 1 atom stereocenters. The fourth-order valence-electron chi connectivity index (χ4n) is 2.47. The van der Waals surface area contributed by atoms with Gasteiger partial charge in [-0.05, 0) is 36.4 Å². The van der Waals surface area contributed by atoms with E-state index < -0.39 is 17.8 Å². The Balaban J connectivity index is 0.00000300. The maximum Gasteiger partial charge on any atom is 0.304 e. The largest absolute Gasteiger partial charge is 0.481 e. The van der Waals surface area contributed by atoms with Crippen LogP contribution in [0.5, 0.6) is 11.6 Å². The van der Waals surface area contributed by atoms with Gasteiger partial charge in [-0.25, -0.2) is 19.3 Å². The molecule has 29 heavy (non-hydrogen) atoms. The van der Waals surface area contributed by atoms with Crippen LogP contribution in [0.25, 0.3) is 11.3 Å². The summed E-state index contributed by atoms with van der Waals surface area (Å²) in [6.45, 7) is 0. The number of aromatic nitrogens is 3. The third kappa shape index (κ3) is 6.35. The van der Waals surface area contributed by atoms with Crippen LogP contribution in [0.4, 0.5) is 4.39 Å². The molecule has 3 rings (SSSR count). The van der Waals surface area contributed by atoms with E-state index in [-0.39, 0.29) is 36.2 Å². The number of aliphatic carboxylic acids is 1. The average molecular weight is 439 g/mol. The number of ether oxygens (including phenoxy) is 1. The predicted molar refractivity (Wildman–Crippen MR) is 108 cm³/mol. The zero-order chi connectivity index (χ0) is 20.1. The summed E-state index contributed by atoms with van der Waals surface area (Å²) < 4.78 is 19.2. The van der Waals surface area contributed by atoms with Crippen LogP contribution in [0.15, 0.2) is 48.8 Å². The van der Waals surface area contributed by atoms with Gasteiger partial charge in [-0.1, -0.05) is 11.6 Å². The zero-order valence-electron chi connectivity index (χ0n) is 15.0. The Morgan fingerprint density at radius 2 is 1.97 bits per heavy atom. The highest BCUT2D eigenvalue weighted by Gasteiger charge is 2.12. The van der Waals surface area contributed by atoms with Gasteiger partial charge in [-0.2, -0.15) is 0 Å². The SMILES string of the molecule is Cl.N[C@@H](CC(=O)O)Cc1nccc(-c2ccc(Oc3ncc(Cl)cc3F)cc2)n1. The monoisotopic (exact) mass is 438 g/mol. The van der Waals surface area contributed by atoms with Crippen molar-refractivity contribution in [2.45, 2.75) is 18.9 Å². The van der Waals surface area contributed by atoms with Gasteiger partial charge in [0.25, 0.3) is 5.88 Å². The smallest absolute Gasteiger partial charge is 0.304 e. The van der Waals surface area contributed by atoms with E-state index in [9.17, 15) is 9.18 Å². The van der Waals surface area contributed by atoms with Crippen molar-refractivity contribution in [3.8, 4) is 22.9 Å². The molecule has 0 aliphatic rings. The van der Waals surface area contributed by atoms with Gasteiger partial charge in [0, 0.05) is 30.4 Å². The maximum atomic E-state index is 13.8. The van der Waals surface area contributed by atoms with Crippen molar-refractivity contribution >= 4 is 30.0 Å². The van der Waals surface area contributed by atoms with Gasteiger partial charge in [-0.3, -0.25) is 4.79 Å². The van der Waals surface area contributed by atoms with E-state index in [4.69, 9.17) is 27.2 Å². The van der Waals surface area contributed by atoms with Crippen molar-refractivity contribution in [2.24, 2.45) is 5.73 Å². The average Bonchev–Trinajstić information content (AvgIpc) is 2.64. The second kappa shape index (κ2) is 10.1. The van der Waals surface area contributed by atoms with Crippen molar-refractivity contribution in [2.75, 3.05) is 0 Å². The molecule has 0 aliphatic heterocycles. The molecule has 0 aliphatic carbocycles. The number of carboxylic acid groups (broad SMARTS) is 1. The molecule has 0 saturated heterocycles. The summed E-state index contributed by atoms with van der Waals surface area (Å²) in [5.74, 6) is -0.941. The molecule has 0 bridgehead atoms. The van der Waals surface area contributed by atoms with Crippen LogP contribution in [-0.4, -0.2) is 32.1 Å². The molecule has 2 aromatic heterocycles. The number of carbonyl (C=O) groups is 1. The van der Waals surface area contributed by atoms with Crippen LogP contribution >= 0.6 is 24.0 Å². The van der Waals surface area contributed by atoms with Crippen molar-refractivity contribution < 1.29 is 19.0 Å². The van der Waals surface area contributed by atoms with Crippen LogP contribution in [-0.2, 0) is 11.2 Å². The Labute approximate surface area is 177 Å². The molecular formula is C19H17Cl2FN4O3. The van der Waals surface area contributed by atoms with E-state index in [2.05, 4.69) is 15.0 Å². The fraction of sp³-hybridized carbons (Fsp3) is 0.158. The first kappa shape index (κ1) is 22.5. The number of nitrogens with two attached hydrogens (primary N) is 1. The molecule has 0 spiro atoms. The number of carboxylic acids is 1. The third-order valence-corrected chi connectivity index (χ3v) is 3.93. The lowest BCUT2D eigenvalue weighted by Crippen LogP contribution is -2.27. The highest BCUT2D eigenvalue weighted by atomic mass is 35.5. The van der Waals surface area contributed by atoms with Crippen LogP contribution < -0.4 is 10.5 Å². The molecule has 2 heterocycles. The predicted octanol–water partition coefficient (Wildman–Crippen LogP) is 3.89. The van der Waals surface area contributed by atoms with Crippen molar-refractivity contribution in [3.63, 3.8) is 0 Å². The summed E-state index contributed by atoms with van der Waals surface area (Å²) in [7, 11) is 0. The van der Waals surface area contributed by atoms with E-state index in [1.54, 1.807) is 36.5 Å². The molecule has 10 heteroatoms. The number of halogens is 3. The molecule has 3 N–H and O–H groups in total. The number of hydrogen-bond acceptors (Lipinski definition) is 6. The summed E-state index contributed by atoms with van der Waals surface area (Å²) in [4.78, 5) is 23.1. The van der Waals surface area contributed by atoms with Crippen LogP contribution in [0, 0.1) is 5.82 Å². The summed E-state index contributed by atoms with van der Waals surface area (Å²) in [5, 5.41) is 8.97. The first-order chi connectivity index (χ1) is 13.4. The maximum absolute atomic E-state index is 13.8. The van der Waals surface area contributed by atoms with E-state index in [1.807, 2.05) is 0 Å². The molecule has 0 unspecified atom stereocenters. The van der Waals surface area contributed by atoms with Crippen molar-refractivity contribution in [1.82, 2.24) is 15.0 Å². The van der Waals surface area contributed by atoms with Gasteiger partial charge in [0.1, 0.15) is 11.6 Å². The second-order valence-corrected chi connectivity index (χ2v) is 6.42. The Bertz CT molecular complexity index is 989. The fourth-order valence-corrected chi connectivity index (χ4v) is 2.62. The second-order valence-electron chi connectivity index (χ2n) is 5.99. The number of benzene rings is 1. The van der Waals surface area contributed by atoms with Gasteiger partial charge >= 0.3 is 5.97 Å². The van der Waals surface area contributed by atoms with E-state index in [1.165, 1.54) is 6.20 Å². The van der Waals surface area contributed by atoms with Gasteiger partial charge in [0.2, 0.25) is 0 Å². The summed E-state index contributed by atoms with van der Waals surface area (Å²) in [5.41, 5.74) is 7.22. The molecule has 0 fully saturated rings. The Hall–Kier alpha value is -2.81. The van der Waals surface area contributed by atoms with Crippen LogP contribution in [0.1, 0.15) is 12.2 Å². The number of hydrogen-bond donors (Lipinski definition) is 2. The van der Waals surface area contributed by atoms with Gasteiger partial charge in [-0.15, -0.1) is 12.4 Å². The molecule has 0 amide bonds. The third-order valence-electron chi connectivity index (χ3n) is 3.73. The molecule has 0 saturated carbocycles. The molecule has 3 aromatic rings. The zero-order valence-corrected chi connectivity index (χ0v) is 16.5. The van der Waals surface area contributed by atoms with Gasteiger partial charge in [0.05, 0.1) is 17.1 Å². The minimum Gasteiger partial charge on any atom is -0.481 e. The summed E-state index contributed by atoms with van der Waals surface area (Å²) in [6, 6.07) is 9.11. The van der Waals surface area contributed by atoms with Gasteiger partial charge in [0.15, 0.2) is 5.82 Å². The lowest BCUT2D eigenvalue weighted by atomic mass is 10.1. The topological polar surface area (TPSA) is 111 Å². The molecule has 7 nitrogen and oxygen atoms in total. The number of nitrogens with zero attached hydrogens (tertiary/aromatic N) is 3. The molecule has 152 valence electrons. The van der Waals surface area contributed by atoms with Gasteiger partial charge < -0.3 is 15.6 Å². The highest BCUT2D eigenvalue weighted by Crippen LogP contribution is 2.26. The summed E-state index contributed by atoms with van der Waals surface area (Å²) >= 11 is 5.67.